The van der Waals surface area contributed by atoms with Crippen LogP contribution < -0.4 is 15.4 Å². The van der Waals surface area contributed by atoms with Crippen LogP contribution in [-0.2, 0) is 0 Å². The Balaban J connectivity index is 2.27. The maximum absolute atomic E-state index is 5.41. The first-order chi connectivity index (χ1) is 8.36. The van der Waals surface area contributed by atoms with E-state index >= 15 is 0 Å². The molecule has 5 heteroatoms. The Bertz CT molecular complexity index is 306. The van der Waals surface area contributed by atoms with Crippen molar-refractivity contribution in [3.63, 3.8) is 0 Å². The van der Waals surface area contributed by atoms with E-state index in [1.807, 2.05) is 0 Å². The number of hydrogen-bond donors (Lipinski definition) is 2. The average Bonchev–Trinajstić information content (AvgIpc) is 2.37. The van der Waals surface area contributed by atoms with Crippen LogP contribution in [0.3, 0.4) is 0 Å². The molecule has 0 aromatic carbocycles. The highest BCUT2D eigenvalue weighted by atomic mass is 16.5. The molecule has 1 aromatic heterocycles. The van der Waals surface area contributed by atoms with Crippen molar-refractivity contribution in [3.8, 4) is 5.88 Å². The highest BCUT2D eigenvalue weighted by molar-refractivity contribution is 5.33. The molecule has 1 heterocycles. The van der Waals surface area contributed by atoms with Crippen molar-refractivity contribution in [1.29, 1.82) is 0 Å². The number of hydrogen-bond acceptors (Lipinski definition) is 5. The van der Waals surface area contributed by atoms with E-state index in [9.17, 15) is 0 Å². The molecule has 17 heavy (non-hydrogen) atoms. The third-order valence-corrected chi connectivity index (χ3v) is 2.10. The molecule has 0 bridgehead atoms. The van der Waals surface area contributed by atoms with Crippen molar-refractivity contribution in [1.82, 2.24) is 15.3 Å². The van der Waals surface area contributed by atoms with E-state index in [1.54, 1.807) is 12.4 Å². The van der Waals surface area contributed by atoms with E-state index in [-0.39, 0.29) is 0 Å². The number of nitrogens with zero attached hydrogens (tertiary/aromatic N) is 2. The highest BCUT2D eigenvalue weighted by Gasteiger charge is 1.98. The molecule has 0 aliphatic heterocycles. The largest absolute Gasteiger partial charge is 0.477 e. The number of aromatic nitrogens is 2. The zero-order valence-electron chi connectivity index (χ0n) is 10.7. The summed E-state index contributed by atoms with van der Waals surface area (Å²) in [7, 11) is 0. The van der Waals surface area contributed by atoms with Crippen LogP contribution in [0.5, 0.6) is 5.88 Å². The van der Waals surface area contributed by atoms with Gasteiger partial charge in [0.2, 0.25) is 5.88 Å². The fourth-order valence-electron chi connectivity index (χ4n) is 1.29. The van der Waals surface area contributed by atoms with Gasteiger partial charge in [0.25, 0.3) is 0 Å². The van der Waals surface area contributed by atoms with E-state index in [0.717, 1.165) is 38.3 Å². The van der Waals surface area contributed by atoms with Crippen molar-refractivity contribution in [3.05, 3.63) is 12.4 Å². The topological polar surface area (TPSA) is 59.1 Å². The number of rotatable bonds is 9. The van der Waals surface area contributed by atoms with Gasteiger partial charge in [0.15, 0.2) is 0 Å². The van der Waals surface area contributed by atoms with Crippen molar-refractivity contribution in [2.75, 3.05) is 31.6 Å². The molecule has 0 saturated carbocycles. The van der Waals surface area contributed by atoms with Crippen molar-refractivity contribution in [2.24, 2.45) is 0 Å². The molecule has 1 aromatic rings. The van der Waals surface area contributed by atoms with E-state index < -0.39 is 0 Å². The first kappa shape index (κ1) is 13.7. The number of anilines is 1. The molecular weight excluding hydrogens is 216 g/mol. The molecule has 0 unspecified atom stereocenters. The summed E-state index contributed by atoms with van der Waals surface area (Å²) in [4.78, 5) is 8.39. The van der Waals surface area contributed by atoms with Crippen LogP contribution in [0.2, 0.25) is 0 Å². The van der Waals surface area contributed by atoms with E-state index in [0.29, 0.717) is 12.5 Å². The Morgan fingerprint density at radius 1 is 1.12 bits per heavy atom. The summed E-state index contributed by atoms with van der Waals surface area (Å²) in [5, 5.41) is 6.52. The quantitative estimate of drug-likeness (QED) is 0.641. The number of ether oxygens (including phenoxy) is 1. The van der Waals surface area contributed by atoms with E-state index in [2.05, 4.69) is 34.4 Å². The van der Waals surface area contributed by atoms with Gasteiger partial charge in [-0.15, -0.1) is 0 Å². The van der Waals surface area contributed by atoms with Gasteiger partial charge in [-0.25, -0.2) is 0 Å². The molecular formula is C12H22N4O. The normalized spacial score (nSPS) is 10.2. The van der Waals surface area contributed by atoms with Gasteiger partial charge in [-0.05, 0) is 19.4 Å². The molecule has 0 radical (unpaired) electrons. The highest BCUT2D eigenvalue weighted by Crippen LogP contribution is 2.08. The first-order valence-electron chi connectivity index (χ1n) is 6.26. The lowest BCUT2D eigenvalue weighted by atomic mass is 10.4. The van der Waals surface area contributed by atoms with Crippen molar-refractivity contribution in [2.45, 2.75) is 26.7 Å². The minimum atomic E-state index is 0.582. The van der Waals surface area contributed by atoms with Crippen LogP contribution in [0.4, 0.5) is 5.82 Å². The Kier molecular flexibility index (Phi) is 7.06. The number of nitrogens with one attached hydrogen (secondary N) is 2. The van der Waals surface area contributed by atoms with Crippen LogP contribution in [0.25, 0.3) is 0 Å². The van der Waals surface area contributed by atoms with Gasteiger partial charge >= 0.3 is 0 Å². The average molecular weight is 238 g/mol. The van der Waals surface area contributed by atoms with Gasteiger partial charge in [0.05, 0.1) is 19.0 Å². The minimum absolute atomic E-state index is 0.582. The molecule has 96 valence electrons. The monoisotopic (exact) mass is 238 g/mol. The lowest BCUT2D eigenvalue weighted by Gasteiger charge is -2.08. The first-order valence-corrected chi connectivity index (χ1v) is 6.26. The Hall–Kier alpha value is -1.36. The van der Waals surface area contributed by atoms with Crippen molar-refractivity contribution < 1.29 is 4.74 Å². The second-order valence-electron chi connectivity index (χ2n) is 3.77. The van der Waals surface area contributed by atoms with Crippen LogP contribution in [0.15, 0.2) is 12.4 Å². The molecule has 0 atom stereocenters. The zero-order chi connectivity index (χ0) is 12.3. The molecule has 0 spiro atoms. The van der Waals surface area contributed by atoms with Gasteiger partial charge in [-0.3, -0.25) is 4.98 Å². The Morgan fingerprint density at radius 3 is 2.76 bits per heavy atom. The molecule has 2 N–H and O–H groups in total. The summed E-state index contributed by atoms with van der Waals surface area (Å²) in [5.41, 5.74) is 0. The zero-order valence-corrected chi connectivity index (χ0v) is 10.7. The lowest BCUT2D eigenvalue weighted by molar-refractivity contribution is 0.304. The molecule has 1 rings (SSSR count). The Morgan fingerprint density at radius 2 is 2.00 bits per heavy atom. The third kappa shape index (κ3) is 6.06. The lowest BCUT2D eigenvalue weighted by Crippen LogP contribution is -2.23. The standard InChI is InChI=1S/C12H22N4O/c1-3-5-13-6-7-15-11-9-14-10-12(16-11)17-8-4-2/h9-10,13H,3-8H2,1-2H3,(H,15,16). The predicted molar refractivity (Wildman–Crippen MR) is 69.5 cm³/mol. The molecule has 5 nitrogen and oxygen atoms in total. The van der Waals surface area contributed by atoms with Gasteiger partial charge in [-0.1, -0.05) is 13.8 Å². The molecule has 0 saturated heterocycles. The second kappa shape index (κ2) is 8.75. The molecule has 0 aliphatic rings. The summed E-state index contributed by atoms with van der Waals surface area (Å²) >= 11 is 0. The van der Waals surface area contributed by atoms with Gasteiger partial charge in [0, 0.05) is 13.1 Å². The van der Waals surface area contributed by atoms with Gasteiger partial charge < -0.3 is 15.4 Å². The van der Waals surface area contributed by atoms with Crippen molar-refractivity contribution >= 4 is 5.82 Å². The summed E-state index contributed by atoms with van der Waals surface area (Å²) in [6.45, 7) is 7.71. The summed E-state index contributed by atoms with van der Waals surface area (Å²) < 4.78 is 5.41. The maximum atomic E-state index is 5.41. The summed E-state index contributed by atoms with van der Waals surface area (Å²) in [6.07, 6.45) is 5.47. The summed E-state index contributed by atoms with van der Waals surface area (Å²) in [6, 6.07) is 0. The summed E-state index contributed by atoms with van der Waals surface area (Å²) in [5.74, 6) is 1.34. The molecule has 0 aliphatic carbocycles. The van der Waals surface area contributed by atoms with E-state index in [4.69, 9.17) is 4.74 Å². The fraction of sp³-hybridized carbons (Fsp3) is 0.667. The Labute approximate surface area is 103 Å². The second-order valence-corrected chi connectivity index (χ2v) is 3.77. The van der Waals surface area contributed by atoms with Crippen LogP contribution in [0, 0.1) is 0 Å². The van der Waals surface area contributed by atoms with E-state index in [1.165, 1.54) is 0 Å². The van der Waals surface area contributed by atoms with Crippen LogP contribution in [-0.4, -0.2) is 36.2 Å². The predicted octanol–water partition coefficient (Wildman–Crippen LogP) is 1.68. The molecule has 0 amide bonds. The maximum Gasteiger partial charge on any atom is 0.234 e. The van der Waals surface area contributed by atoms with Gasteiger partial charge in [0.1, 0.15) is 5.82 Å². The molecule has 0 fully saturated rings. The van der Waals surface area contributed by atoms with Gasteiger partial charge in [-0.2, -0.15) is 4.98 Å². The minimum Gasteiger partial charge on any atom is -0.477 e. The fourth-order valence-corrected chi connectivity index (χ4v) is 1.29. The van der Waals surface area contributed by atoms with Crippen LogP contribution in [0.1, 0.15) is 26.7 Å². The smallest absolute Gasteiger partial charge is 0.234 e. The third-order valence-electron chi connectivity index (χ3n) is 2.10. The van der Waals surface area contributed by atoms with Crippen LogP contribution >= 0.6 is 0 Å². The SMILES string of the molecule is CCCNCCNc1cncc(OCCC)n1.